The van der Waals surface area contributed by atoms with Crippen LogP contribution < -0.4 is 11.1 Å². The molecule has 3 N–H and O–H groups in total. The third kappa shape index (κ3) is 4.38. The second kappa shape index (κ2) is 8.20. The van der Waals surface area contributed by atoms with Crippen molar-refractivity contribution in [3.05, 3.63) is 34.9 Å². The van der Waals surface area contributed by atoms with Crippen LogP contribution in [-0.2, 0) is 4.79 Å². The lowest BCUT2D eigenvalue weighted by atomic mass is 10.0. The van der Waals surface area contributed by atoms with E-state index in [1.54, 1.807) is 0 Å². The Hall–Kier alpha value is -1.75. The summed E-state index contributed by atoms with van der Waals surface area (Å²) in [5, 5.41) is 3.26. The summed E-state index contributed by atoms with van der Waals surface area (Å²) in [7, 11) is 0. The maximum Gasteiger partial charge on any atom is 0.312 e. The fourth-order valence-corrected chi connectivity index (χ4v) is 3.40. The summed E-state index contributed by atoms with van der Waals surface area (Å²) in [6, 6.07) is 6.36. The van der Waals surface area contributed by atoms with Crippen molar-refractivity contribution in [2.75, 3.05) is 6.54 Å². The van der Waals surface area contributed by atoms with Crippen molar-refractivity contribution in [2.45, 2.75) is 51.1 Å². The number of carbonyl (C=O) groups excluding carboxylic acids is 2. The molecule has 6 heteroatoms. The maximum absolute atomic E-state index is 12.9. The van der Waals surface area contributed by atoms with Crippen LogP contribution in [0.1, 0.15) is 50.6 Å². The standard InChI is InChI=1S/C17H24ClN3O2/c1-2-3-9-14(20-17(19)23)16(22)21-11-6-10-15(21)12-7-4-5-8-13(12)18/h4-5,7-8,14-15H,2-3,6,9-11H2,1H3,(H3,19,20,23)/t14-,15-/m0/s1. The molecule has 5 nitrogen and oxygen atoms in total. The van der Waals surface area contributed by atoms with Crippen molar-refractivity contribution in [2.24, 2.45) is 5.73 Å². The lowest BCUT2D eigenvalue weighted by Gasteiger charge is -2.29. The molecule has 1 aliphatic heterocycles. The lowest BCUT2D eigenvalue weighted by Crippen LogP contribution is -2.49. The van der Waals surface area contributed by atoms with E-state index in [4.69, 9.17) is 17.3 Å². The Morgan fingerprint density at radius 2 is 2.17 bits per heavy atom. The van der Waals surface area contributed by atoms with Gasteiger partial charge in [-0.05, 0) is 30.9 Å². The highest BCUT2D eigenvalue weighted by molar-refractivity contribution is 6.31. The van der Waals surface area contributed by atoms with Gasteiger partial charge < -0.3 is 16.0 Å². The first kappa shape index (κ1) is 17.6. The van der Waals surface area contributed by atoms with Crippen LogP contribution in [0.3, 0.4) is 0 Å². The fraction of sp³-hybridized carbons (Fsp3) is 0.529. The Morgan fingerprint density at radius 1 is 1.43 bits per heavy atom. The number of hydrogen-bond donors (Lipinski definition) is 2. The van der Waals surface area contributed by atoms with Gasteiger partial charge in [0.1, 0.15) is 6.04 Å². The average molecular weight is 338 g/mol. The molecule has 0 saturated carbocycles. The number of likely N-dealkylation sites (tertiary alicyclic amines) is 1. The minimum Gasteiger partial charge on any atom is -0.352 e. The predicted molar refractivity (Wildman–Crippen MR) is 91.2 cm³/mol. The lowest BCUT2D eigenvalue weighted by molar-refractivity contribution is -0.134. The molecular weight excluding hydrogens is 314 g/mol. The van der Waals surface area contributed by atoms with Crippen LogP contribution in [0.5, 0.6) is 0 Å². The first-order valence-electron chi connectivity index (χ1n) is 8.15. The molecule has 1 saturated heterocycles. The van der Waals surface area contributed by atoms with Crippen molar-refractivity contribution >= 4 is 23.5 Å². The van der Waals surface area contributed by atoms with Crippen LogP contribution in [0, 0.1) is 0 Å². The SMILES string of the molecule is CCCC[C@H](NC(N)=O)C(=O)N1CCC[C@H]1c1ccccc1Cl. The molecule has 1 heterocycles. The molecule has 0 radical (unpaired) electrons. The highest BCUT2D eigenvalue weighted by atomic mass is 35.5. The molecule has 23 heavy (non-hydrogen) atoms. The number of benzene rings is 1. The van der Waals surface area contributed by atoms with E-state index in [-0.39, 0.29) is 11.9 Å². The Labute approximate surface area is 142 Å². The highest BCUT2D eigenvalue weighted by Gasteiger charge is 2.34. The summed E-state index contributed by atoms with van der Waals surface area (Å²) in [5.41, 5.74) is 6.20. The van der Waals surface area contributed by atoms with Gasteiger partial charge in [0.15, 0.2) is 0 Å². The molecule has 126 valence electrons. The molecule has 1 aromatic rings. The second-order valence-corrected chi connectivity index (χ2v) is 6.32. The number of nitrogens with zero attached hydrogens (tertiary/aromatic N) is 1. The number of primary amides is 1. The van der Waals surface area contributed by atoms with Gasteiger partial charge in [-0.2, -0.15) is 0 Å². The van der Waals surface area contributed by atoms with Gasteiger partial charge in [0.25, 0.3) is 0 Å². The van der Waals surface area contributed by atoms with Gasteiger partial charge in [0.05, 0.1) is 6.04 Å². The van der Waals surface area contributed by atoms with Crippen molar-refractivity contribution < 1.29 is 9.59 Å². The minimum atomic E-state index is -0.659. The zero-order valence-electron chi connectivity index (χ0n) is 13.4. The molecule has 2 rings (SSSR count). The second-order valence-electron chi connectivity index (χ2n) is 5.91. The Bertz CT molecular complexity index is 565. The number of urea groups is 1. The summed E-state index contributed by atoms with van der Waals surface area (Å²) in [4.78, 5) is 25.9. The van der Waals surface area contributed by atoms with E-state index in [1.165, 1.54) is 0 Å². The molecule has 1 aliphatic rings. The number of nitrogens with one attached hydrogen (secondary N) is 1. The summed E-state index contributed by atoms with van der Waals surface area (Å²) in [5.74, 6) is -0.0698. The van der Waals surface area contributed by atoms with Gasteiger partial charge in [-0.3, -0.25) is 4.79 Å². The van der Waals surface area contributed by atoms with E-state index in [0.29, 0.717) is 18.0 Å². The van der Waals surface area contributed by atoms with E-state index < -0.39 is 12.1 Å². The number of unbranched alkanes of at least 4 members (excludes halogenated alkanes) is 1. The monoisotopic (exact) mass is 337 g/mol. The van der Waals surface area contributed by atoms with Gasteiger partial charge in [-0.25, -0.2) is 4.79 Å². The van der Waals surface area contributed by atoms with E-state index in [9.17, 15) is 9.59 Å². The minimum absolute atomic E-state index is 0.0324. The van der Waals surface area contributed by atoms with E-state index in [2.05, 4.69) is 5.32 Å². The van der Waals surface area contributed by atoms with Gasteiger partial charge in [0, 0.05) is 11.6 Å². The smallest absolute Gasteiger partial charge is 0.312 e. The van der Waals surface area contributed by atoms with E-state index in [0.717, 1.165) is 31.2 Å². The number of carbonyl (C=O) groups is 2. The third-order valence-electron chi connectivity index (χ3n) is 4.26. The molecule has 0 spiro atoms. The fourth-order valence-electron chi connectivity index (χ4n) is 3.14. The van der Waals surface area contributed by atoms with Gasteiger partial charge in [-0.15, -0.1) is 0 Å². The van der Waals surface area contributed by atoms with Crippen LogP contribution in [0.2, 0.25) is 5.02 Å². The molecule has 0 bridgehead atoms. The quantitative estimate of drug-likeness (QED) is 0.836. The predicted octanol–water partition coefficient (Wildman–Crippen LogP) is 3.23. The molecule has 0 aliphatic carbocycles. The zero-order valence-corrected chi connectivity index (χ0v) is 14.2. The maximum atomic E-state index is 12.9. The normalized spacial score (nSPS) is 18.7. The van der Waals surface area contributed by atoms with Crippen molar-refractivity contribution in [3.63, 3.8) is 0 Å². The van der Waals surface area contributed by atoms with Crippen molar-refractivity contribution in [1.82, 2.24) is 10.2 Å². The number of nitrogens with two attached hydrogens (primary N) is 1. The van der Waals surface area contributed by atoms with Crippen LogP contribution in [0.4, 0.5) is 4.79 Å². The number of halogens is 1. The summed E-state index contributed by atoms with van der Waals surface area (Å²) < 4.78 is 0. The van der Waals surface area contributed by atoms with Crippen molar-refractivity contribution in [1.29, 1.82) is 0 Å². The first-order chi connectivity index (χ1) is 11.0. The number of hydrogen-bond acceptors (Lipinski definition) is 2. The summed E-state index contributed by atoms with van der Waals surface area (Å²) in [6.07, 6.45) is 4.23. The molecule has 0 aromatic heterocycles. The van der Waals surface area contributed by atoms with E-state index >= 15 is 0 Å². The van der Waals surface area contributed by atoms with Crippen LogP contribution in [0.15, 0.2) is 24.3 Å². The molecule has 3 amide bonds. The van der Waals surface area contributed by atoms with E-state index in [1.807, 2.05) is 36.1 Å². The molecular formula is C17H24ClN3O2. The van der Waals surface area contributed by atoms with Crippen LogP contribution >= 0.6 is 11.6 Å². The van der Waals surface area contributed by atoms with Gasteiger partial charge in [-0.1, -0.05) is 49.6 Å². The number of amides is 3. The topological polar surface area (TPSA) is 75.4 Å². The first-order valence-corrected chi connectivity index (χ1v) is 8.53. The summed E-state index contributed by atoms with van der Waals surface area (Å²) in [6.45, 7) is 2.73. The molecule has 1 aromatic carbocycles. The third-order valence-corrected chi connectivity index (χ3v) is 4.61. The largest absolute Gasteiger partial charge is 0.352 e. The molecule has 0 unspecified atom stereocenters. The summed E-state index contributed by atoms with van der Waals surface area (Å²) >= 11 is 6.29. The Kier molecular flexibility index (Phi) is 6.28. The molecule has 1 fully saturated rings. The zero-order chi connectivity index (χ0) is 16.8. The van der Waals surface area contributed by atoms with Crippen molar-refractivity contribution in [3.8, 4) is 0 Å². The Balaban J connectivity index is 2.18. The van der Waals surface area contributed by atoms with Crippen LogP contribution in [-0.4, -0.2) is 29.4 Å². The average Bonchev–Trinajstić information content (AvgIpc) is 3.00. The number of rotatable bonds is 6. The van der Waals surface area contributed by atoms with Gasteiger partial charge in [0.2, 0.25) is 5.91 Å². The highest BCUT2D eigenvalue weighted by Crippen LogP contribution is 2.36. The Morgan fingerprint density at radius 3 is 2.83 bits per heavy atom. The van der Waals surface area contributed by atoms with Gasteiger partial charge >= 0.3 is 6.03 Å². The van der Waals surface area contributed by atoms with Crippen LogP contribution in [0.25, 0.3) is 0 Å². The molecule has 2 atom stereocenters.